The van der Waals surface area contributed by atoms with Gasteiger partial charge in [0.1, 0.15) is 10.4 Å². The Kier molecular flexibility index (Phi) is 6.52. The summed E-state index contributed by atoms with van der Waals surface area (Å²) in [7, 11) is 0. The topological polar surface area (TPSA) is 110 Å². The lowest BCUT2D eigenvalue weighted by Crippen LogP contribution is -2.11. The Morgan fingerprint density at radius 2 is 1.86 bits per heavy atom. The predicted octanol–water partition coefficient (Wildman–Crippen LogP) is 6.42. The number of nitrogens with zero attached hydrogens (tertiary/aromatic N) is 5. The van der Waals surface area contributed by atoms with Crippen LogP contribution in [-0.4, -0.2) is 46.5 Å². The standard InChI is InChI=1S/C27H26N6O2S2/c1-16-22-23(24(36-16)26(34)35)33(27(28-22)37-19-7-3-2-4-8-19)15-17-11-13-18(14-12-17)20-9-5-6-10-21(20)25-29-31-32-30-25/h5-6,9-14,19H,2-4,7-8,15H2,1H3,(H,34,35)(H,29,30,31,32). The molecular weight excluding hydrogens is 504 g/mol. The van der Waals surface area contributed by atoms with Crippen LogP contribution in [0.25, 0.3) is 33.5 Å². The fourth-order valence-electron chi connectivity index (χ4n) is 5.05. The molecule has 0 spiro atoms. The summed E-state index contributed by atoms with van der Waals surface area (Å²) < 4.78 is 2.11. The summed E-state index contributed by atoms with van der Waals surface area (Å²) in [5.74, 6) is -0.342. The largest absolute Gasteiger partial charge is 0.477 e. The van der Waals surface area contributed by atoms with Gasteiger partial charge in [0.15, 0.2) is 5.16 Å². The molecule has 3 aromatic heterocycles. The Labute approximate surface area is 222 Å². The summed E-state index contributed by atoms with van der Waals surface area (Å²) in [6.45, 7) is 2.52. The van der Waals surface area contributed by atoms with E-state index in [4.69, 9.17) is 4.98 Å². The zero-order valence-electron chi connectivity index (χ0n) is 20.3. The number of hydrogen-bond donors (Lipinski definition) is 2. The van der Waals surface area contributed by atoms with Crippen LogP contribution in [0, 0.1) is 6.92 Å². The predicted molar refractivity (Wildman–Crippen MR) is 146 cm³/mol. The van der Waals surface area contributed by atoms with E-state index >= 15 is 0 Å². The van der Waals surface area contributed by atoms with Gasteiger partial charge in [0.25, 0.3) is 0 Å². The Morgan fingerprint density at radius 1 is 1.11 bits per heavy atom. The van der Waals surface area contributed by atoms with Crippen LogP contribution in [-0.2, 0) is 6.54 Å². The Balaban J connectivity index is 1.36. The van der Waals surface area contributed by atoms with Gasteiger partial charge >= 0.3 is 5.97 Å². The van der Waals surface area contributed by atoms with Crippen LogP contribution in [0.1, 0.15) is 52.2 Å². The molecule has 5 aromatic rings. The molecule has 8 nitrogen and oxygen atoms in total. The third-order valence-corrected chi connectivity index (χ3v) is 9.27. The molecule has 0 amide bonds. The van der Waals surface area contributed by atoms with Gasteiger partial charge in [-0.2, -0.15) is 5.21 Å². The highest BCUT2D eigenvalue weighted by Crippen LogP contribution is 2.39. The van der Waals surface area contributed by atoms with Crippen molar-refractivity contribution >= 4 is 40.1 Å². The molecule has 0 bridgehead atoms. The number of aromatic carboxylic acids is 1. The number of thioether (sulfide) groups is 1. The van der Waals surface area contributed by atoms with Crippen molar-refractivity contribution in [3.05, 3.63) is 63.8 Å². The van der Waals surface area contributed by atoms with E-state index in [2.05, 4.69) is 49.5 Å². The average molecular weight is 531 g/mol. The van der Waals surface area contributed by atoms with Crippen LogP contribution in [0.4, 0.5) is 0 Å². The molecule has 37 heavy (non-hydrogen) atoms. The lowest BCUT2D eigenvalue weighted by atomic mass is 9.98. The van der Waals surface area contributed by atoms with E-state index in [1.165, 1.54) is 43.4 Å². The van der Waals surface area contributed by atoms with Gasteiger partial charge in [-0.3, -0.25) is 0 Å². The van der Waals surface area contributed by atoms with E-state index in [1.54, 1.807) is 0 Å². The van der Waals surface area contributed by atoms with Crippen molar-refractivity contribution in [1.82, 2.24) is 30.2 Å². The Bertz CT molecular complexity index is 1550. The van der Waals surface area contributed by atoms with Gasteiger partial charge in [0.2, 0.25) is 5.82 Å². The number of thiophene rings is 1. The molecule has 3 heterocycles. The van der Waals surface area contributed by atoms with Gasteiger partial charge in [-0.15, -0.1) is 21.5 Å². The SMILES string of the molecule is Cc1sc(C(=O)O)c2c1nc(SC1CCCCC1)n2Cc1ccc(-c2ccccc2-c2nn[nH]n2)cc1. The quantitative estimate of drug-likeness (QED) is 0.250. The maximum absolute atomic E-state index is 12.1. The number of hydrogen-bond acceptors (Lipinski definition) is 7. The average Bonchev–Trinajstić information content (AvgIpc) is 3.64. The van der Waals surface area contributed by atoms with Gasteiger partial charge in [-0.25, -0.2) is 9.78 Å². The molecule has 6 rings (SSSR count). The third kappa shape index (κ3) is 4.67. The number of imidazole rings is 1. The summed E-state index contributed by atoms with van der Waals surface area (Å²) in [5, 5.41) is 25.9. The summed E-state index contributed by atoms with van der Waals surface area (Å²) in [6, 6.07) is 16.4. The molecule has 188 valence electrons. The number of fused-ring (bicyclic) bond motifs is 1. The maximum atomic E-state index is 12.1. The van der Waals surface area contributed by atoms with E-state index < -0.39 is 5.97 Å². The monoisotopic (exact) mass is 530 g/mol. The summed E-state index contributed by atoms with van der Waals surface area (Å²) in [6.07, 6.45) is 6.16. The normalized spacial score (nSPS) is 14.4. The number of carbonyl (C=O) groups is 1. The van der Waals surface area contributed by atoms with Crippen LogP contribution in [0.5, 0.6) is 0 Å². The second-order valence-corrected chi connectivity index (χ2v) is 11.8. The zero-order valence-corrected chi connectivity index (χ0v) is 22.0. The Hall–Kier alpha value is -3.50. The van der Waals surface area contributed by atoms with Crippen LogP contribution in [0.2, 0.25) is 0 Å². The fraction of sp³-hybridized carbons (Fsp3) is 0.296. The van der Waals surface area contributed by atoms with E-state index in [0.29, 0.717) is 22.5 Å². The first-order chi connectivity index (χ1) is 18.1. The molecule has 2 N–H and O–H groups in total. The van der Waals surface area contributed by atoms with Crippen LogP contribution >= 0.6 is 23.1 Å². The third-order valence-electron chi connectivity index (χ3n) is 6.87. The Morgan fingerprint density at radius 3 is 2.57 bits per heavy atom. The van der Waals surface area contributed by atoms with Gasteiger partial charge in [-0.05, 0) is 41.7 Å². The number of nitrogens with one attached hydrogen (secondary N) is 1. The lowest BCUT2D eigenvalue weighted by Gasteiger charge is -2.21. The van der Waals surface area contributed by atoms with Crippen molar-refractivity contribution in [2.75, 3.05) is 0 Å². The molecule has 0 radical (unpaired) electrons. The fourth-order valence-corrected chi connectivity index (χ4v) is 7.28. The van der Waals surface area contributed by atoms with E-state index in [9.17, 15) is 9.90 Å². The number of aromatic nitrogens is 6. The van der Waals surface area contributed by atoms with E-state index in [1.807, 2.05) is 43.0 Å². The van der Waals surface area contributed by atoms with Crippen LogP contribution < -0.4 is 0 Å². The molecule has 2 aromatic carbocycles. The van der Waals surface area contributed by atoms with Gasteiger partial charge < -0.3 is 9.67 Å². The molecule has 0 saturated heterocycles. The molecular formula is C27H26N6O2S2. The summed E-state index contributed by atoms with van der Waals surface area (Å²) in [4.78, 5) is 18.4. The first-order valence-corrected chi connectivity index (χ1v) is 14.1. The maximum Gasteiger partial charge on any atom is 0.348 e. The molecule has 10 heteroatoms. The molecule has 1 aliphatic rings. The molecule has 0 atom stereocenters. The first-order valence-electron chi connectivity index (χ1n) is 12.4. The van der Waals surface area contributed by atoms with Gasteiger partial charge in [0, 0.05) is 15.7 Å². The number of aryl methyl sites for hydroxylation is 1. The van der Waals surface area contributed by atoms with Crippen LogP contribution in [0.15, 0.2) is 53.7 Å². The molecule has 1 saturated carbocycles. The molecule has 1 aliphatic carbocycles. The number of rotatable bonds is 7. The number of aromatic amines is 1. The number of tetrazole rings is 1. The zero-order chi connectivity index (χ0) is 25.4. The second-order valence-electron chi connectivity index (χ2n) is 9.33. The molecule has 0 aliphatic heterocycles. The highest BCUT2D eigenvalue weighted by Gasteiger charge is 2.25. The van der Waals surface area contributed by atoms with Crippen molar-refractivity contribution in [2.24, 2.45) is 0 Å². The van der Waals surface area contributed by atoms with Crippen molar-refractivity contribution < 1.29 is 9.90 Å². The summed E-state index contributed by atoms with van der Waals surface area (Å²) in [5.41, 5.74) is 5.62. The van der Waals surface area contributed by atoms with Crippen molar-refractivity contribution in [3.8, 4) is 22.5 Å². The number of H-pyrrole nitrogens is 1. The minimum absolute atomic E-state index is 0.362. The minimum atomic E-state index is -0.896. The van der Waals surface area contributed by atoms with E-state index in [-0.39, 0.29) is 0 Å². The minimum Gasteiger partial charge on any atom is -0.477 e. The van der Waals surface area contributed by atoms with Crippen LogP contribution in [0.3, 0.4) is 0 Å². The second kappa shape index (κ2) is 10.1. The van der Waals surface area contributed by atoms with Gasteiger partial charge in [-0.1, -0.05) is 79.6 Å². The van der Waals surface area contributed by atoms with Crippen molar-refractivity contribution in [1.29, 1.82) is 0 Å². The highest BCUT2D eigenvalue weighted by molar-refractivity contribution is 7.99. The first kappa shape index (κ1) is 23.9. The number of carboxylic acids is 1. The summed E-state index contributed by atoms with van der Waals surface area (Å²) >= 11 is 3.12. The van der Waals surface area contributed by atoms with E-state index in [0.717, 1.165) is 43.3 Å². The number of benzene rings is 2. The molecule has 0 unspecified atom stereocenters. The lowest BCUT2D eigenvalue weighted by molar-refractivity contribution is 0.0703. The van der Waals surface area contributed by atoms with Crippen molar-refractivity contribution in [3.63, 3.8) is 0 Å². The molecule has 1 fully saturated rings. The number of carboxylic acid groups (broad SMARTS) is 1. The smallest absolute Gasteiger partial charge is 0.348 e. The van der Waals surface area contributed by atoms with Crippen molar-refractivity contribution in [2.45, 2.75) is 56.0 Å². The highest BCUT2D eigenvalue weighted by atomic mass is 32.2. The van der Waals surface area contributed by atoms with Gasteiger partial charge in [0.05, 0.1) is 12.1 Å².